The summed E-state index contributed by atoms with van der Waals surface area (Å²) in [6.07, 6.45) is 0. The van der Waals surface area contributed by atoms with E-state index in [4.69, 9.17) is 9.15 Å². The fraction of sp³-hybridized carbons (Fsp3) is 0.250. The fourth-order valence-electron chi connectivity index (χ4n) is 2.71. The summed E-state index contributed by atoms with van der Waals surface area (Å²) in [5, 5.41) is 11.2. The predicted molar refractivity (Wildman–Crippen MR) is 88.0 cm³/mol. The molecule has 1 N–H and O–H groups in total. The number of aliphatic imine (C=N–C) groups is 1. The van der Waals surface area contributed by atoms with Crippen LogP contribution in [0.3, 0.4) is 0 Å². The highest BCUT2D eigenvalue weighted by Crippen LogP contribution is 2.43. The molecular weight excluding hydrogens is 316 g/mol. The molecule has 0 unspecified atom stereocenters. The molecule has 0 amide bonds. The average molecular weight is 330 g/mol. The molecule has 2 aromatic rings. The molecule has 6 nitrogen and oxygen atoms in total. The summed E-state index contributed by atoms with van der Waals surface area (Å²) >= 11 is 1.32. The van der Waals surface area contributed by atoms with E-state index in [1.54, 1.807) is 25.1 Å². The Hall–Kier alpha value is -2.41. The van der Waals surface area contributed by atoms with Gasteiger partial charge in [0.15, 0.2) is 10.9 Å². The highest BCUT2D eigenvalue weighted by atomic mass is 32.2. The number of nitrogens with zero attached hydrogens (tertiary/aromatic N) is 2. The lowest BCUT2D eigenvalue weighted by atomic mass is 10.2. The average Bonchev–Trinajstić information content (AvgIpc) is 3.19. The van der Waals surface area contributed by atoms with Crippen molar-refractivity contribution in [2.75, 3.05) is 19.7 Å². The van der Waals surface area contributed by atoms with Crippen LogP contribution < -0.4 is 0 Å². The molecule has 1 aromatic heterocycles. The molecule has 2 aliphatic rings. The second kappa shape index (κ2) is 5.34. The summed E-state index contributed by atoms with van der Waals surface area (Å²) < 4.78 is 11.0. The summed E-state index contributed by atoms with van der Waals surface area (Å²) in [6.45, 7) is 3.50. The molecule has 2 aliphatic heterocycles. The van der Waals surface area contributed by atoms with Crippen LogP contribution in [0.25, 0.3) is 16.7 Å². The lowest BCUT2D eigenvalue weighted by Gasteiger charge is -2.14. The molecule has 0 fully saturated rings. The van der Waals surface area contributed by atoms with Crippen LogP contribution in [0.15, 0.2) is 38.6 Å². The molecule has 7 heteroatoms. The summed E-state index contributed by atoms with van der Waals surface area (Å²) in [7, 11) is 0. The number of rotatable bonds is 3. The van der Waals surface area contributed by atoms with Crippen LogP contribution in [0.4, 0.5) is 0 Å². The summed E-state index contributed by atoms with van der Waals surface area (Å²) in [6, 6.07) is 6.74. The zero-order valence-electron chi connectivity index (χ0n) is 12.4. The van der Waals surface area contributed by atoms with E-state index >= 15 is 0 Å². The van der Waals surface area contributed by atoms with E-state index in [-0.39, 0.29) is 11.7 Å². The number of aromatic hydroxyl groups is 1. The second-order valence-electron chi connectivity index (χ2n) is 5.15. The first-order valence-corrected chi connectivity index (χ1v) is 8.13. The lowest BCUT2D eigenvalue weighted by Crippen LogP contribution is -2.20. The van der Waals surface area contributed by atoms with Crippen molar-refractivity contribution in [1.29, 1.82) is 0 Å². The van der Waals surface area contributed by atoms with E-state index in [1.165, 1.54) is 11.8 Å². The van der Waals surface area contributed by atoms with Crippen molar-refractivity contribution < 1.29 is 19.1 Å². The highest BCUT2D eigenvalue weighted by Gasteiger charge is 2.38. The van der Waals surface area contributed by atoms with Crippen molar-refractivity contribution in [2.24, 2.45) is 4.99 Å². The molecule has 0 atom stereocenters. The Morgan fingerprint density at radius 2 is 2.35 bits per heavy atom. The number of fused-ring (bicyclic) bond motifs is 2. The summed E-state index contributed by atoms with van der Waals surface area (Å²) in [4.78, 5) is 19.1. The van der Waals surface area contributed by atoms with Gasteiger partial charge in [-0.3, -0.25) is 4.99 Å². The lowest BCUT2D eigenvalue weighted by molar-refractivity contribution is -0.137. The van der Waals surface area contributed by atoms with Crippen molar-refractivity contribution in [3.05, 3.63) is 34.9 Å². The topological polar surface area (TPSA) is 75.3 Å². The second-order valence-corrected chi connectivity index (χ2v) is 6.13. The SMILES string of the molecule is CCOC(=O)C1=C(c2cc3cc(O)ccc3o2)N2CCN=C2S1. The fourth-order valence-corrected chi connectivity index (χ4v) is 3.79. The first-order valence-electron chi connectivity index (χ1n) is 7.31. The zero-order valence-corrected chi connectivity index (χ0v) is 13.2. The number of carbonyl (C=O) groups is 1. The largest absolute Gasteiger partial charge is 0.508 e. The minimum Gasteiger partial charge on any atom is -0.508 e. The van der Waals surface area contributed by atoms with Gasteiger partial charge in [-0.25, -0.2) is 4.79 Å². The normalized spacial score (nSPS) is 16.9. The number of furan rings is 1. The summed E-state index contributed by atoms with van der Waals surface area (Å²) in [5.74, 6) is 0.384. The third kappa shape index (κ3) is 2.28. The number of hydrogen-bond acceptors (Lipinski definition) is 7. The third-order valence-corrected chi connectivity index (χ3v) is 4.77. The van der Waals surface area contributed by atoms with Gasteiger partial charge in [-0.05, 0) is 43.0 Å². The van der Waals surface area contributed by atoms with Crippen molar-refractivity contribution in [3.8, 4) is 5.75 Å². The van der Waals surface area contributed by atoms with Gasteiger partial charge in [0.05, 0.1) is 13.2 Å². The van der Waals surface area contributed by atoms with Gasteiger partial charge >= 0.3 is 5.97 Å². The minimum atomic E-state index is -0.368. The number of phenolic OH excluding ortho intramolecular Hbond substituents is 1. The number of thioether (sulfide) groups is 1. The van der Waals surface area contributed by atoms with E-state index < -0.39 is 0 Å². The van der Waals surface area contributed by atoms with E-state index in [2.05, 4.69) is 4.99 Å². The van der Waals surface area contributed by atoms with Gasteiger partial charge in [0.1, 0.15) is 21.9 Å². The van der Waals surface area contributed by atoms with Gasteiger partial charge in [-0.15, -0.1) is 0 Å². The number of phenols is 1. The molecule has 3 heterocycles. The van der Waals surface area contributed by atoms with Crippen LogP contribution in [0.5, 0.6) is 5.75 Å². The van der Waals surface area contributed by atoms with Crippen molar-refractivity contribution >= 4 is 39.6 Å². The number of carbonyl (C=O) groups excluding carboxylic acids is 1. The van der Waals surface area contributed by atoms with Crippen LogP contribution in [-0.2, 0) is 9.53 Å². The molecule has 0 spiro atoms. The standard InChI is InChI=1S/C16H14N2O4S/c1-2-21-15(20)14-13(18-6-5-17-16(18)23-14)12-8-9-7-10(19)3-4-11(9)22-12/h3-4,7-8,19H,2,5-6H2,1H3. The molecule has 0 saturated carbocycles. The molecule has 1 aromatic carbocycles. The smallest absolute Gasteiger partial charge is 0.347 e. The minimum absolute atomic E-state index is 0.175. The molecule has 0 bridgehead atoms. The van der Waals surface area contributed by atoms with Gasteiger partial charge in [0.2, 0.25) is 0 Å². The van der Waals surface area contributed by atoms with Crippen LogP contribution in [0, 0.1) is 0 Å². The Morgan fingerprint density at radius 1 is 1.48 bits per heavy atom. The van der Waals surface area contributed by atoms with E-state index in [1.807, 2.05) is 11.0 Å². The molecular formula is C16H14N2O4S. The van der Waals surface area contributed by atoms with Crippen LogP contribution in [0.1, 0.15) is 12.7 Å². The van der Waals surface area contributed by atoms with E-state index in [0.29, 0.717) is 41.6 Å². The Balaban J connectivity index is 1.84. The van der Waals surface area contributed by atoms with Crippen molar-refractivity contribution in [3.63, 3.8) is 0 Å². The zero-order chi connectivity index (χ0) is 16.0. The molecule has 0 saturated heterocycles. The number of esters is 1. The van der Waals surface area contributed by atoms with Gasteiger partial charge in [-0.1, -0.05) is 0 Å². The number of benzene rings is 1. The maximum absolute atomic E-state index is 12.3. The van der Waals surface area contributed by atoms with Crippen molar-refractivity contribution in [1.82, 2.24) is 4.90 Å². The number of ether oxygens (including phenoxy) is 1. The first kappa shape index (κ1) is 14.2. The molecule has 118 valence electrons. The van der Waals surface area contributed by atoms with Gasteiger partial charge in [0.25, 0.3) is 0 Å². The first-order chi connectivity index (χ1) is 11.2. The quantitative estimate of drug-likeness (QED) is 0.872. The molecule has 0 aliphatic carbocycles. The van der Waals surface area contributed by atoms with Crippen LogP contribution >= 0.6 is 11.8 Å². The highest BCUT2D eigenvalue weighted by molar-refractivity contribution is 8.18. The van der Waals surface area contributed by atoms with Gasteiger partial charge in [-0.2, -0.15) is 0 Å². The Labute approximate surface area is 136 Å². The maximum Gasteiger partial charge on any atom is 0.347 e. The summed E-state index contributed by atoms with van der Waals surface area (Å²) in [5.41, 5.74) is 1.35. The third-order valence-electron chi connectivity index (χ3n) is 3.67. The van der Waals surface area contributed by atoms with Crippen LogP contribution in [0.2, 0.25) is 0 Å². The number of amidine groups is 1. The monoisotopic (exact) mass is 330 g/mol. The van der Waals surface area contributed by atoms with E-state index in [9.17, 15) is 9.90 Å². The molecule has 4 rings (SSSR count). The van der Waals surface area contributed by atoms with Gasteiger partial charge in [0, 0.05) is 11.9 Å². The number of hydrogen-bond donors (Lipinski definition) is 1. The Bertz CT molecular complexity index is 868. The predicted octanol–water partition coefficient (Wildman–Crippen LogP) is 2.79. The molecule has 23 heavy (non-hydrogen) atoms. The maximum atomic E-state index is 12.3. The molecule has 0 radical (unpaired) electrons. The van der Waals surface area contributed by atoms with E-state index in [0.717, 1.165) is 10.6 Å². The van der Waals surface area contributed by atoms with Gasteiger partial charge < -0.3 is 19.2 Å². The van der Waals surface area contributed by atoms with Crippen molar-refractivity contribution in [2.45, 2.75) is 6.92 Å². The Kier molecular flexibility index (Phi) is 3.30. The van der Waals surface area contributed by atoms with Crippen LogP contribution in [-0.4, -0.2) is 40.8 Å². The Morgan fingerprint density at radius 3 is 3.17 bits per heavy atom.